The van der Waals surface area contributed by atoms with E-state index in [1.807, 2.05) is 31.2 Å². The Morgan fingerprint density at radius 1 is 1.09 bits per heavy atom. The molecular formula is C26H32ClFN4. The van der Waals surface area contributed by atoms with E-state index in [1.165, 1.54) is 0 Å². The number of anilines is 2. The van der Waals surface area contributed by atoms with Crippen LogP contribution in [0.5, 0.6) is 0 Å². The number of pyridine rings is 1. The summed E-state index contributed by atoms with van der Waals surface area (Å²) in [7, 11) is 0. The van der Waals surface area contributed by atoms with E-state index in [2.05, 4.69) is 42.4 Å². The summed E-state index contributed by atoms with van der Waals surface area (Å²) in [4.78, 5) is 7.20. The molecule has 170 valence electrons. The fourth-order valence-corrected chi connectivity index (χ4v) is 4.59. The minimum atomic E-state index is -0.218. The average molecular weight is 455 g/mol. The number of hydrogen-bond acceptors (Lipinski definition) is 4. The second-order valence-corrected chi connectivity index (χ2v) is 10.2. The van der Waals surface area contributed by atoms with Crippen molar-refractivity contribution < 1.29 is 4.39 Å². The molecule has 2 heterocycles. The van der Waals surface area contributed by atoms with Gasteiger partial charge in [0.2, 0.25) is 0 Å². The highest BCUT2D eigenvalue weighted by atomic mass is 35.5. The van der Waals surface area contributed by atoms with Gasteiger partial charge in [0, 0.05) is 53.4 Å². The van der Waals surface area contributed by atoms with Gasteiger partial charge in [-0.15, -0.1) is 0 Å². The molecule has 1 aliphatic heterocycles. The normalized spacial score (nSPS) is 15.4. The topological polar surface area (TPSA) is 40.2 Å². The van der Waals surface area contributed by atoms with E-state index in [0.717, 1.165) is 64.5 Å². The van der Waals surface area contributed by atoms with Gasteiger partial charge in [-0.2, -0.15) is 0 Å². The van der Waals surface area contributed by atoms with Crippen LogP contribution in [0.15, 0.2) is 42.5 Å². The number of aromatic nitrogens is 1. The Kier molecular flexibility index (Phi) is 6.59. The van der Waals surface area contributed by atoms with Crippen molar-refractivity contribution in [1.29, 1.82) is 0 Å². The number of nitrogens with zero attached hydrogens (tertiary/aromatic N) is 2. The Hall–Kier alpha value is -2.37. The molecule has 1 aromatic heterocycles. The fourth-order valence-electron chi connectivity index (χ4n) is 4.46. The smallest absolute Gasteiger partial charge is 0.129 e. The maximum absolute atomic E-state index is 14.3. The van der Waals surface area contributed by atoms with Crippen molar-refractivity contribution in [1.82, 2.24) is 10.3 Å². The van der Waals surface area contributed by atoms with Crippen LogP contribution >= 0.6 is 11.6 Å². The van der Waals surface area contributed by atoms with Crippen LogP contribution in [-0.2, 0) is 6.54 Å². The highest BCUT2D eigenvalue weighted by Gasteiger charge is 2.24. The van der Waals surface area contributed by atoms with Crippen LogP contribution in [0.1, 0.15) is 44.7 Å². The van der Waals surface area contributed by atoms with Crippen molar-refractivity contribution in [3.63, 3.8) is 0 Å². The molecule has 1 fully saturated rings. The zero-order chi connectivity index (χ0) is 22.9. The maximum atomic E-state index is 14.3. The van der Waals surface area contributed by atoms with Crippen LogP contribution in [-0.4, -0.2) is 29.7 Å². The molecule has 4 rings (SSSR count). The molecule has 3 aromatic rings. The Morgan fingerprint density at radius 3 is 2.44 bits per heavy atom. The predicted octanol–water partition coefficient (Wildman–Crippen LogP) is 6.30. The molecule has 2 aromatic carbocycles. The summed E-state index contributed by atoms with van der Waals surface area (Å²) in [5.74, 6) is 0.580. The first-order chi connectivity index (χ1) is 15.2. The zero-order valence-electron chi connectivity index (χ0n) is 19.3. The number of halogens is 2. The second kappa shape index (κ2) is 9.24. The van der Waals surface area contributed by atoms with Crippen molar-refractivity contribution in [2.75, 3.05) is 23.3 Å². The molecule has 0 saturated carbocycles. The van der Waals surface area contributed by atoms with Crippen LogP contribution < -0.4 is 15.5 Å². The Bertz CT molecular complexity index is 1080. The van der Waals surface area contributed by atoms with Crippen molar-refractivity contribution in [3.8, 4) is 0 Å². The summed E-state index contributed by atoms with van der Waals surface area (Å²) >= 11 is 6.00. The lowest BCUT2D eigenvalue weighted by atomic mass is 9.99. The van der Waals surface area contributed by atoms with E-state index < -0.39 is 0 Å². The molecule has 1 saturated heterocycles. The third-order valence-corrected chi connectivity index (χ3v) is 6.16. The van der Waals surface area contributed by atoms with Crippen LogP contribution in [0.3, 0.4) is 0 Å². The highest BCUT2D eigenvalue weighted by molar-refractivity contribution is 6.30. The van der Waals surface area contributed by atoms with Crippen LogP contribution in [0.4, 0.5) is 15.9 Å². The Morgan fingerprint density at radius 2 is 1.78 bits per heavy atom. The number of rotatable bonds is 5. The lowest BCUT2D eigenvalue weighted by molar-refractivity contribution is 0.317. The van der Waals surface area contributed by atoms with Crippen molar-refractivity contribution in [3.05, 3.63) is 64.4 Å². The molecule has 0 atom stereocenters. The standard InChI is InChI=1S/C26H32ClFN4/c1-17-13-20(28)14-22-23(32-11-9-21(10-12-32)31-26(2,3)4)15-24(30-25(17)22)29-16-18-5-7-19(27)8-6-18/h5-8,13-15,21,31H,9-12,16H2,1-4H3,(H,29,30). The Balaban J connectivity index is 1.61. The Labute approximate surface area is 195 Å². The third-order valence-electron chi connectivity index (χ3n) is 5.91. The molecule has 32 heavy (non-hydrogen) atoms. The number of benzene rings is 2. The van der Waals surface area contributed by atoms with Crippen molar-refractivity contribution in [2.45, 2.75) is 58.7 Å². The monoisotopic (exact) mass is 454 g/mol. The van der Waals surface area contributed by atoms with Crippen molar-refractivity contribution >= 4 is 34.0 Å². The molecule has 0 spiro atoms. The van der Waals surface area contributed by atoms with Gasteiger partial charge in [0.1, 0.15) is 11.6 Å². The van der Waals surface area contributed by atoms with E-state index in [-0.39, 0.29) is 11.4 Å². The predicted molar refractivity (Wildman–Crippen MR) is 133 cm³/mol. The molecule has 2 N–H and O–H groups in total. The molecule has 0 radical (unpaired) electrons. The lowest BCUT2D eigenvalue weighted by Gasteiger charge is -2.37. The van der Waals surface area contributed by atoms with Crippen LogP contribution in [0.2, 0.25) is 5.02 Å². The summed E-state index contributed by atoms with van der Waals surface area (Å²) in [6, 6.07) is 13.5. The summed E-state index contributed by atoms with van der Waals surface area (Å²) in [5.41, 5.74) is 3.97. The first-order valence-electron chi connectivity index (χ1n) is 11.3. The van der Waals surface area contributed by atoms with E-state index >= 15 is 0 Å². The van der Waals surface area contributed by atoms with Gasteiger partial charge in [-0.3, -0.25) is 0 Å². The van der Waals surface area contributed by atoms with Gasteiger partial charge in [-0.1, -0.05) is 23.7 Å². The van der Waals surface area contributed by atoms with Gasteiger partial charge in [-0.05, 0) is 75.9 Å². The van der Waals surface area contributed by atoms with Gasteiger partial charge >= 0.3 is 0 Å². The van der Waals surface area contributed by atoms with Crippen LogP contribution in [0.25, 0.3) is 10.9 Å². The van der Waals surface area contributed by atoms with Gasteiger partial charge in [0.05, 0.1) is 5.52 Å². The van der Waals surface area contributed by atoms with E-state index in [9.17, 15) is 4.39 Å². The molecular weight excluding hydrogens is 423 g/mol. The van der Waals surface area contributed by atoms with Gasteiger partial charge < -0.3 is 15.5 Å². The highest BCUT2D eigenvalue weighted by Crippen LogP contribution is 2.33. The number of aryl methyl sites for hydroxylation is 1. The summed E-state index contributed by atoms with van der Waals surface area (Å²) < 4.78 is 14.3. The molecule has 0 bridgehead atoms. The molecule has 1 aliphatic rings. The molecule has 4 nitrogen and oxygen atoms in total. The average Bonchev–Trinajstić information content (AvgIpc) is 2.73. The molecule has 0 unspecified atom stereocenters. The minimum absolute atomic E-state index is 0.106. The fraction of sp³-hybridized carbons (Fsp3) is 0.423. The summed E-state index contributed by atoms with van der Waals surface area (Å²) in [5, 5.41) is 8.77. The molecule has 6 heteroatoms. The van der Waals surface area contributed by atoms with Gasteiger partial charge in [-0.25, -0.2) is 9.37 Å². The number of piperidine rings is 1. The van der Waals surface area contributed by atoms with Gasteiger partial charge in [0.15, 0.2) is 0 Å². The first-order valence-corrected chi connectivity index (χ1v) is 11.7. The number of nitrogens with one attached hydrogen (secondary N) is 2. The van der Waals surface area contributed by atoms with Gasteiger partial charge in [0.25, 0.3) is 0 Å². The van der Waals surface area contributed by atoms with Crippen LogP contribution in [0, 0.1) is 12.7 Å². The number of fused-ring (bicyclic) bond motifs is 1. The zero-order valence-corrected chi connectivity index (χ0v) is 20.1. The van der Waals surface area contributed by atoms with E-state index in [4.69, 9.17) is 16.6 Å². The summed E-state index contributed by atoms with van der Waals surface area (Å²) in [6.45, 7) is 11.1. The largest absolute Gasteiger partial charge is 0.371 e. The molecule has 0 aliphatic carbocycles. The second-order valence-electron chi connectivity index (χ2n) is 9.78. The number of hydrogen-bond donors (Lipinski definition) is 2. The van der Waals surface area contributed by atoms with E-state index in [0.29, 0.717) is 12.6 Å². The van der Waals surface area contributed by atoms with E-state index in [1.54, 1.807) is 12.1 Å². The summed E-state index contributed by atoms with van der Waals surface area (Å²) in [6.07, 6.45) is 2.12. The SMILES string of the molecule is Cc1cc(F)cc2c(N3CCC(NC(C)(C)C)CC3)cc(NCc3ccc(Cl)cc3)nc12. The molecule has 0 amide bonds. The quantitative estimate of drug-likeness (QED) is 0.474. The minimum Gasteiger partial charge on any atom is -0.371 e. The maximum Gasteiger partial charge on any atom is 0.129 e. The first kappa shape index (κ1) is 22.8. The third kappa shape index (κ3) is 5.51. The lowest BCUT2D eigenvalue weighted by Crippen LogP contribution is -2.49. The van der Waals surface area contributed by atoms with Crippen molar-refractivity contribution in [2.24, 2.45) is 0 Å².